The summed E-state index contributed by atoms with van der Waals surface area (Å²) >= 11 is 0. The van der Waals surface area contributed by atoms with Crippen molar-refractivity contribution in [2.75, 3.05) is 38.6 Å². The van der Waals surface area contributed by atoms with Gasteiger partial charge in [-0.15, -0.1) is 0 Å². The number of rotatable bonds is 4. The zero-order valence-electron chi connectivity index (χ0n) is 34.9. The number of esters is 1. The maximum absolute atomic E-state index is 14.4. The third-order valence-electron chi connectivity index (χ3n) is 11.7. The van der Waals surface area contributed by atoms with Crippen LogP contribution in [0, 0.1) is 30.6 Å². The third-order valence-corrected chi connectivity index (χ3v) is 11.7. The highest BCUT2D eigenvalue weighted by Crippen LogP contribution is 2.55. The second-order valence-corrected chi connectivity index (χ2v) is 15.9. The van der Waals surface area contributed by atoms with Gasteiger partial charge in [-0.05, 0) is 19.9 Å². The predicted octanol–water partition coefficient (Wildman–Crippen LogP) is 3.58. The van der Waals surface area contributed by atoms with Gasteiger partial charge in [-0.1, -0.05) is 45.9 Å². The predicted molar refractivity (Wildman–Crippen MR) is 219 cm³/mol. The van der Waals surface area contributed by atoms with Gasteiger partial charge in [0.2, 0.25) is 0 Å². The highest BCUT2D eigenvalue weighted by molar-refractivity contribution is 6.23. The van der Waals surface area contributed by atoms with Crippen LogP contribution in [0.1, 0.15) is 70.0 Å². The Labute approximate surface area is 343 Å². The zero-order valence-corrected chi connectivity index (χ0v) is 34.9. The number of nitrogens with two attached hydrogens (primary N) is 1. The number of aromatic hydroxyl groups is 3. The number of allylic oxidation sites excluding steroid dienone is 2. The minimum atomic E-state index is -2.05. The first-order chi connectivity index (χ1) is 27.7. The van der Waals surface area contributed by atoms with E-state index in [0.29, 0.717) is 26.2 Å². The molecule has 5 bridgehead atoms. The summed E-state index contributed by atoms with van der Waals surface area (Å²) in [4.78, 5) is 40.5. The van der Waals surface area contributed by atoms with Crippen LogP contribution >= 0.6 is 0 Å². The number of ketones is 1. The molecule has 322 valence electrons. The van der Waals surface area contributed by atoms with Gasteiger partial charge in [-0.2, -0.15) is 5.10 Å². The number of carbonyl (C=O) groups excluding carboxylic acids is 3. The lowest BCUT2D eigenvalue weighted by Crippen LogP contribution is -2.47. The van der Waals surface area contributed by atoms with E-state index in [9.17, 15) is 39.9 Å². The van der Waals surface area contributed by atoms with Crippen LogP contribution in [0.3, 0.4) is 0 Å². The van der Waals surface area contributed by atoms with Crippen molar-refractivity contribution in [2.45, 2.75) is 85.6 Å². The summed E-state index contributed by atoms with van der Waals surface area (Å²) in [6, 6.07) is 0. The van der Waals surface area contributed by atoms with E-state index in [1.807, 2.05) is 0 Å². The van der Waals surface area contributed by atoms with Crippen molar-refractivity contribution in [1.29, 1.82) is 0 Å². The van der Waals surface area contributed by atoms with Gasteiger partial charge in [0.15, 0.2) is 5.75 Å². The van der Waals surface area contributed by atoms with Gasteiger partial charge in [0.1, 0.15) is 23.4 Å². The number of piperazine rings is 1. The number of hydrazone groups is 1. The minimum Gasteiger partial charge on any atom is -0.507 e. The molecule has 0 saturated carbocycles. The highest BCUT2D eigenvalue weighted by Gasteiger charge is 2.50. The molecule has 0 spiro atoms. The fourth-order valence-corrected chi connectivity index (χ4v) is 7.84. The van der Waals surface area contributed by atoms with Gasteiger partial charge in [-0.25, -0.2) is 5.01 Å². The van der Waals surface area contributed by atoms with E-state index in [4.69, 9.17) is 24.8 Å². The molecule has 59 heavy (non-hydrogen) atoms. The Hall–Kier alpha value is -5.20. The number of carbonyl (C=O) groups is 3. The summed E-state index contributed by atoms with van der Waals surface area (Å²) in [5.41, 5.74) is -0.448. The molecular formula is C42H57N5O12. The molecule has 4 aliphatic heterocycles. The average molecular weight is 824 g/mol. The molecule has 2 aromatic rings. The molecule has 17 heteroatoms. The van der Waals surface area contributed by atoms with Gasteiger partial charge in [0.25, 0.3) is 11.7 Å². The first kappa shape index (κ1) is 44.9. The van der Waals surface area contributed by atoms with E-state index < -0.39 is 88.8 Å². The monoisotopic (exact) mass is 823 g/mol. The molecule has 8 N–H and O–H groups in total. The number of ether oxygens (including phenoxy) is 4. The summed E-state index contributed by atoms with van der Waals surface area (Å²) in [6.07, 6.45) is 4.75. The molecule has 0 radical (unpaired) electrons. The molecule has 0 aromatic heterocycles. The van der Waals surface area contributed by atoms with Crippen LogP contribution in [-0.2, 0) is 23.8 Å². The number of nitrogens with one attached hydrogen (secondary N) is 1. The van der Waals surface area contributed by atoms with Crippen LogP contribution in [0.25, 0.3) is 10.8 Å². The molecule has 6 rings (SSSR count). The molecule has 4 aliphatic rings. The van der Waals surface area contributed by atoms with E-state index in [0.717, 1.165) is 0 Å². The number of anilines is 1. The Kier molecular flexibility index (Phi) is 13.7. The second kappa shape index (κ2) is 18.0. The Morgan fingerprint density at radius 2 is 1.63 bits per heavy atom. The van der Waals surface area contributed by atoms with Gasteiger partial charge in [0, 0.05) is 74.2 Å². The number of hydrazine groups is 1. The maximum atomic E-state index is 14.4. The van der Waals surface area contributed by atoms with Crippen molar-refractivity contribution in [1.82, 2.24) is 10.0 Å². The van der Waals surface area contributed by atoms with Crippen LogP contribution in [0.4, 0.5) is 5.69 Å². The quantitative estimate of drug-likeness (QED) is 0.0766. The Balaban J connectivity index is 1.70. The van der Waals surface area contributed by atoms with E-state index in [2.05, 4.69) is 10.4 Å². The van der Waals surface area contributed by atoms with Crippen molar-refractivity contribution in [3.8, 4) is 23.0 Å². The number of phenols is 3. The van der Waals surface area contributed by atoms with Crippen LogP contribution in [0.15, 0.2) is 41.2 Å². The lowest BCUT2D eigenvalue weighted by atomic mass is 9.78. The smallest absolute Gasteiger partial charge is 0.312 e. The normalized spacial score (nSPS) is 30.6. The molecule has 4 heterocycles. The molecule has 9 atom stereocenters. The standard InChI is InChI=1S/C42H57N5O12/c1-20-11-10-12-21(2)41(55)45-32-27(19-44-47-16-14-46(43)15-17-47)36(52)29-30(37(32)53)35(51)25(6)39-31(29)40(54)42(8,59-39)57-18-13-28(56-9)22(3)38(58-26(7)48)24(5)34(50)23(4)33(20)49/h10-13,18-20,22-24,28,33-34,38,49-53H,14-17,43H2,1-9H3,(H,45,55)/b11-10-,18-13?,21-12?,44-19+. The van der Waals surface area contributed by atoms with E-state index in [-0.39, 0.29) is 44.5 Å². The highest BCUT2D eigenvalue weighted by atomic mass is 16.7. The maximum Gasteiger partial charge on any atom is 0.312 e. The Bertz CT molecular complexity index is 2080. The summed E-state index contributed by atoms with van der Waals surface area (Å²) in [5.74, 6) is -2.57. The van der Waals surface area contributed by atoms with E-state index in [1.165, 1.54) is 59.4 Å². The van der Waals surface area contributed by atoms with Crippen LogP contribution < -0.4 is 15.9 Å². The molecule has 1 fully saturated rings. The first-order valence-electron chi connectivity index (χ1n) is 19.6. The fourth-order valence-electron chi connectivity index (χ4n) is 7.84. The number of amides is 1. The molecular weight excluding hydrogens is 766 g/mol. The lowest BCUT2D eigenvalue weighted by Gasteiger charge is -2.38. The van der Waals surface area contributed by atoms with Gasteiger partial charge in [0.05, 0.1) is 66.1 Å². The number of phenolic OH excluding ortho intramolecular Hbond substituents is 3. The van der Waals surface area contributed by atoms with Crippen molar-refractivity contribution >= 4 is 40.3 Å². The first-order valence-corrected chi connectivity index (χ1v) is 19.6. The second-order valence-electron chi connectivity index (χ2n) is 15.9. The molecule has 1 amide bonds. The third kappa shape index (κ3) is 8.89. The Morgan fingerprint density at radius 3 is 2.25 bits per heavy atom. The van der Waals surface area contributed by atoms with Crippen molar-refractivity contribution < 1.29 is 58.9 Å². The summed E-state index contributed by atoms with van der Waals surface area (Å²) < 4.78 is 23.6. The number of Topliss-reactive ketones (excluding diaryl/α,β-unsaturated/α-hetero) is 1. The number of aliphatic hydroxyl groups excluding tert-OH is 2. The van der Waals surface area contributed by atoms with Crippen molar-refractivity contribution in [3.05, 3.63) is 52.8 Å². The number of fused-ring (bicyclic) bond motifs is 14. The largest absolute Gasteiger partial charge is 0.507 e. The number of nitrogens with zero attached hydrogens (tertiary/aromatic N) is 3. The van der Waals surface area contributed by atoms with Crippen LogP contribution in [-0.4, -0.2) is 123 Å². The summed E-state index contributed by atoms with van der Waals surface area (Å²) in [5, 5.41) is 68.2. The number of hydrogen-bond acceptors (Lipinski definition) is 16. The summed E-state index contributed by atoms with van der Waals surface area (Å²) in [6.45, 7) is 14.3. The molecule has 0 aliphatic carbocycles. The minimum absolute atomic E-state index is 0.0441. The molecule has 9 unspecified atom stereocenters. The van der Waals surface area contributed by atoms with Crippen molar-refractivity contribution in [2.24, 2.45) is 34.6 Å². The average Bonchev–Trinajstić information content (AvgIpc) is 3.46. The number of hydrogen-bond donors (Lipinski definition) is 7. The molecule has 1 saturated heterocycles. The molecule has 2 aromatic carbocycles. The van der Waals surface area contributed by atoms with Crippen molar-refractivity contribution in [3.63, 3.8) is 0 Å². The van der Waals surface area contributed by atoms with Gasteiger partial charge in [-0.3, -0.25) is 25.2 Å². The topological polar surface area (TPSA) is 246 Å². The lowest BCUT2D eigenvalue weighted by molar-refractivity contribution is -0.160. The number of benzene rings is 2. The number of aliphatic hydroxyl groups is 2. The fraction of sp³-hybridized carbons (Fsp3) is 0.524. The van der Waals surface area contributed by atoms with E-state index in [1.54, 1.807) is 49.9 Å². The zero-order chi connectivity index (χ0) is 43.7. The SMILES string of the molecule is COC1C=COC2(C)Oc3c(C)c(O)c4c(O)c(c(/C=N/N5CCN(N)CC5)c(O)c4c3C2=O)NC(=O)C(C)=C/C=C\C(C)C(O)C(C)C(O)C(C)C(OC(C)=O)C1C. The van der Waals surface area contributed by atoms with Crippen LogP contribution in [0.2, 0.25) is 0 Å². The van der Waals surface area contributed by atoms with Gasteiger partial charge >= 0.3 is 11.8 Å². The number of methoxy groups -OCH3 is 1. The van der Waals surface area contributed by atoms with Crippen LogP contribution in [0.5, 0.6) is 23.0 Å². The Morgan fingerprint density at radius 1 is 0.966 bits per heavy atom. The molecule has 17 nitrogen and oxygen atoms in total. The van der Waals surface area contributed by atoms with Gasteiger partial charge < -0.3 is 49.8 Å². The van der Waals surface area contributed by atoms with E-state index >= 15 is 0 Å². The summed E-state index contributed by atoms with van der Waals surface area (Å²) in [7, 11) is 1.43.